The van der Waals surface area contributed by atoms with Crippen molar-refractivity contribution in [3.63, 3.8) is 0 Å². The third-order valence-electron chi connectivity index (χ3n) is 5.99. The molecule has 0 fully saturated rings. The lowest BCUT2D eigenvalue weighted by molar-refractivity contribution is 0.172. The Labute approximate surface area is 192 Å². The zero-order valence-corrected chi connectivity index (χ0v) is 18.6. The van der Waals surface area contributed by atoms with Crippen molar-refractivity contribution in [1.82, 2.24) is 14.5 Å². The lowest BCUT2D eigenvalue weighted by Gasteiger charge is -2.15. The molecule has 5 nitrogen and oxygen atoms in total. The van der Waals surface area contributed by atoms with Crippen LogP contribution in [0, 0.1) is 6.92 Å². The Kier molecular flexibility index (Phi) is 5.40. The van der Waals surface area contributed by atoms with E-state index in [4.69, 9.17) is 0 Å². The van der Waals surface area contributed by atoms with E-state index in [0.717, 1.165) is 27.9 Å². The Morgan fingerprint density at radius 2 is 1.70 bits per heavy atom. The molecular formula is C28H25N3O2. The molecule has 0 spiro atoms. The van der Waals surface area contributed by atoms with Gasteiger partial charge in [0.25, 0.3) is 0 Å². The van der Waals surface area contributed by atoms with Gasteiger partial charge in [0.2, 0.25) is 0 Å². The van der Waals surface area contributed by atoms with Gasteiger partial charge in [0.15, 0.2) is 0 Å². The molecule has 3 heterocycles. The van der Waals surface area contributed by atoms with E-state index in [1.807, 2.05) is 44.3 Å². The Morgan fingerprint density at radius 3 is 2.55 bits per heavy atom. The fourth-order valence-corrected chi connectivity index (χ4v) is 4.26. The quantitative estimate of drug-likeness (QED) is 0.377. The molecule has 0 aliphatic heterocycles. The van der Waals surface area contributed by atoms with Crippen LogP contribution < -0.4 is 0 Å². The summed E-state index contributed by atoms with van der Waals surface area (Å²) in [7, 11) is 2.04. The van der Waals surface area contributed by atoms with Crippen molar-refractivity contribution >= 4 is 10.9 Å². The minimum atomic E-state index is -0.788. The molecular weight excluding hydrogens is 410 g/mol. The van der Waals surface area contributed by atoms with Crippen LogP contribution in [0.15, 0.2) is 85.2 Å². The van der Waals surface area contributed by atoms with Crippen LogP contribution in [-0.2, 0) is 13.5 Å². The molecule has 0 bridgehead atoms. The number of aryl methyl sites for hydroxylation is 2. The molecule has 0 saturated carbocycles. The molecule has 1 atom stereocenters. The Balaban J connectivity index is 1.52. The summed E-state index contributed by atoms with van der Waals surface area (Å²) in [5, 5.41) is 22.1. The van der Waals surface area contributed by atoms with Crippen LogP contribution in [0.25, 0.3) is 33.2 Å². The van der Waals surface area contributed by atoms with Gasteiger partial charge in [0.05, 0.1) is 17.6 Å². The molecule has 3 aromatic heterocycles. The highest BCUT2D eigenvalue weighted by Crippen LogP contribution is 2.33. The first-order chi connectivity index (χ1) is 16.0. The molecule has 0 radical (unpaired) electrons. The van der Waals surface area contributed by atoms with E-state index in [2.05, 4.69) is 57.1 Å². The third kappa shape index (κ3) is 4.23. The average Bonchev–Trinajstić information content (AvgIpc) is 3.20. The number of hydrogen-bond donors (Lipinski definition) is 2. The molecule has 0 aliphatic rings. The number of aromatic hydroxyl groups is 1. The van der Waals surface area contributed by atoms with Gasteiger partial charge in [-0.15, -0.1) is 0 Å². The molecule has 2 N–H and O–H groups in total. The van der Waals surface area contributed by atoms with Crippen molar-refractivity contribution in [2.75, 3.05) is 0 Å². The number of aromatic nitrogens is 3. The molecule has 5 rings (SSSR count). The molecule has 0 amide bonds. The molecule has 1 unspecified atom stereocenters. The van der Waals surface area contributed by atoms with E-state index >= 15 is 0 Å². The molecule has 164 valence electrons. The Hall–Kier alpha value is -3.96. The van der Waals surface area contributed by atoms with Crippen molar-refractivity contribution < 1.29 is 10.2 Å². The number of rotatable bonds is 5. The summed E-state index contributed by atoms with van der Waals surface area (Å²) >= 11 is 0. The van der Waals surface area contributed by atoms with Gasteiger partial charge in [0.1, 0.15) is 11.9 Å². The highest BCUT2D eigenvalue weighted by molar-refractivity contribution is 5.86. The second-order valence-corrected chi connectivity index (χ2v) is 8.39. The zero-order valence-electron chi connectivity index (χ0n) is 18.6. The first-order valence-electron chi connectivity index (χ1n) is 10.9. The first kappa shape index (κ1) is 20.9. The third-order valence-corrected chi connectivity index (χ3v) is 5.99. The number of aliphatic hydroxyl groups is 1. The van der Waals surface area contributed by atoms with Crippen molar-refractivity contribution in [3.05, 3.63) is 102 Å². The smallest absolute Gasteiger partial charge is 0.134 e. The topological polar surface area (TPSA) is 71.2 Å². The standard InChI is InChI=1S/C28H25N3O2/c1-18-5-3-8-25(30-18)28(33)16-26-24(15-23(32)17-29-26)21-7-4-6-19(13-21)20-9-10-27-22(14-20)11-12-31(27)2/h3-15,17,28,32-33H,16H2,1-2H3. The number of pyridine rings is 2. The predicted molar refractivity (Wildman–Crippen MR) is 131 cm³/mol. The van der Waals surface area contributed by atoms with Gasteiger partial charge >= 0.3 is 0 Å². The Morgan fingerprint density at radius 1 is 0.909 bits per heavy atom. The van der Waals surface area contributed by atoms with Crippen molar-refractivity contribution in [2.24, 2.45) is 7.05 Å². The summed E-state index contributed by atoms with van der Waals surface area (Å²) in [6.45, 7) is 1.90. The van der Waals surface area contributed by atoms with E-state index in [9.17, 15) is 10.2 Å². The molecule has 2 aromatic carbocycles. The minimum Gasteiger partial charge on any atom is -0.506 e. The summed E-state index contributed by atoms with van der Waals surface area (Å²) < 4.78 is 2.11. The van der Waals surface area contributed by atoms with Crippen LogP contribution in [0.1, 0.15) is 23.2 Å². The molecule has 33 heavy (non-hydrogen) atoms. The fourth-order valence-electron chi connectivity index (χ4n) is 4.26. The molecule has 0 aliphatic carbocycles. The van der Waals surface area contributed by atoms with Crippen LogP contribution in [-0.4, -0.2) is 24.7 Å². The lowest BCUT2D eigenvalue weighted by Crippen LogP contribution is -2.07. The largest absolute Gasteiger partial charge is 0.506 e. The van der Waals surface area contributed by atoms with Gasteiger partial charge in [-0.1, -0.05) is 30.3 Å². The van der Waals surface area contributed by atoms with Gasteiger partial charge in [-0.25, -0.2) is 0 Å². The average molecular weight is 436 g/mol. The van der Waals surface area contributed by atoms with Crippen molar-refractivity contribution in [2.45, 2.75) is 19.4 Å². The maximum Gasteiger partial charge on any atom is 0.134 e. The van der Waals surface area contributed by atoms with Crippen LogP contribution in [0.5, 0.6) is 5.75 Å². The lowest BCUT2D eigenvalue weighted by atomic mass is 9.95. The second-order valence-electron chi connectivity index (χ2n) is 8.39. The van der Waals surface area contributed by atoms with Crippen LogP contribution in [0.4, 0.5) is 0 Å². The number of benzene rings is 2. The van der Waals surface area contributed by atoms with E-state index in [1.165, 1.54) is 17.1 Å². The van der Waals surface area contributed by atoms with Crippen LogP contribution in [0.2, 0.25) is 0 Å². The monoisotopic (exact) mass is 435 g/mol. The van der Waals surface area contributed by atoms with E-state index in [0.29, 0.717) is 17.8 Å². The fraction of sp³-hybridized carbons (Fsp3) is 0.143. The van der Waals surface area contributed by atoms with E-state index in [1.54, 1.807) is 6.07 Å². The number of hydrogen-bond acceptors (Lipinski definition) is 4. The number of fused-ring (bicyclic) bond motifs is 1. The van der Waals surface area contributed by atoms with Gasteiger partial charge in [-0.2, -0.15) is 0 Å². The summed E-state index contributed by atoms with van der Waals surface area (Å²) in [5.74, 6) is 0.0908. The highest BCUT2D eigenvalue weighted by Gasteiger charge is 2.16. The summed E-state index contributed by atoms with van der Waals surface area (Å²) in [4.78, 5) is 8.89. The zero-order chi connectivity index (χ0) is 22.9. The van der Waals surface area contributed by atoms with Gasteiger partial charge in [-0.3, -0.25) is 9.97 Å². The minimum absolute atomic E-state index is 0.0908. The molecule has 0 saturated heterocycles. The summed E-state index contributed by atoms with van der Waals surface area (Å²) in [5.41, 5.74) is 7.29. The van der Waals surface area contributed by atoms with Crippen LogP contribution >= 0.6 is 0 Å². The van der Waals surface area contributed by atoms with Gasteiger partial charge < -0.3 is 14.8 Å². The maximum absolute atomic E-state index is 10.8. The normalized spacial score (nSPS) is 12.2. The predicted octanol–water partition coefficient (Wildman–Crippen LogP) is 5.59. The van der Waals surface area contributed by atoms with Crippen molar-refractivity contribution in [3.8, 4) is 28.0 Å². The van der Waals surface area contributed by atoms with Gasteiger partial charge in [-0.05, 0) is 66.1 Å². The summed E-state index contributed by atoms with van der Waals surface area (Å²) in [6, 6.07) is 24.0. The maximum atomic E-state index is 10.8. The van der Waals surface area contributed by atoms with E-state index in [-0.39, 0.29) is 5.75 Å². The molecule has 5 heteroatoms. The first-order valence-corrected chi connectivity index (χ1v) is 10.9. The van der Waals surface area contributed by atoms with Crippen LogP contribution in [0.3, 0.4) is 0 Å². The van der Waals surface area contributed by atoms with E-state index < -0.39 is 6.10 Å². The van der Waals surface area contributed by atoms with Crippen molar-refractivity contribution in [1.29, 1.82) is 0 Å². The van der Waals surface area contributed by atoms with Gasteiger partial charge in [0, 0.05) is 41.8 Å². The molecule has 5 aromatic rings. The Bertz CT molecular complexity index is 1460. The number of aliphatic hydroxyl groups excluding tert-OH is 1. The SMILES string of the molecule is Cc1cccc(C(O)Cc2ncc(O)cc2-c2cccc(-c3ccc4c(ccn4C)c3)c2)n1. The number of nitrogens with zero attached hydrogens (tertiary/aromatic N) is 3. The second kappa shape index (κ2) is 8.52. The summed E-state index contributed by atoms with van der Waals surface area (Å²) in [6.07, 6.45) is 2.99. The highest BCUT2D eigenvalue weighted by atomic mass is 16.3.